The first-order valence-corrected chi connectivity index (χ1v) is 8.70. The van der Waals surface area contributed by atoms with Crippen LogP contribution in [0.1, 0.15) is 26.3 Å². The molecule has 28 heavy (non-hydrogen) atoms. The van der Waals surface area contributed by atoms with E-state index >= 15 is 0 Å². The molecule has 8 heteroatoms. The lowest BCUT2D eigenvalue weighted by atomic mass is 10.1. The van der Waals surface area contributed by atoms with Gasteiger partial charge < -0.3 is 15.4 Å². The first-order valence-electron chi connectivity index (χ1n) is 8.33. The summed E-state index contributed by atoms with van der Waals surface area (Å²) in [7, 11) is 1.30. The van der Waals surface area contributed by atoms with Crippen LogP contribution in [-0.4, -0.2) is 29.2 Å². The van der Waals surface area contributed by atoms with Crippen LogP contribution in [0.25, 0.3) is 0 Å². The molecule has 0 saturated heterocycles. The van der Waals surface area contributed by atoms with E-state index < -0.39 is 5.97 Å². The fourth-order valence-corrected chi connectivity index (χ4v) is 2.53. The van der Waals surface area contributed by atoms with E-state index in [1.165, 1.54) is 7.11 Å². The molecule has 3 rings (SSSR count). The molecule has 0 spiro atoms. The minimum Gasteiger partial charge on any atom is -0.465 e. The summed E-state index contributed by atoms with van der Waals surface area (Å²) < 4.78 is 4.70. The van der Waals surface area contributed by atoms with E-state index in [0.29, 0.717) is 33.5 Å². The Hall–Kier alpha value is -3.45. The summed E-state index contributed by atoms with van der Waals surface area (Å²) in [4.78, 5) is 23.9. The summed E-state index contributed by atoms with van der Waals surface area (Å²) in [6, 6.07) is 15.2. The highest BCUT2D eigenvalue weighted by Crippen LogP contribution is 2.26. The number of hydrogen-bond acceptors (Lipinski definition) is 6. The highest BCUT2D eigenvalue weighted by molar-refractivity contribution is 6.33. The number of esters is 1. The molecule has 0 saturated carbocycles. The van der Waals surface area contributed by atoms with E-state index in [-0.39, 0.29) is 5.91 Å². The third kappa shape index (κ3) is 4.63. The fourth-order valence-electron chi connectivity index (χ4n) is 2.36. The summed E-state index contributed by atoms with van der Waals surface area (Å²) in [6.45, 7) is 1.95. The molecule has 7 nitrogen and oxygen atoms in total. The molecule has 142 valence electrons. The van der Waals surface area contributed by atoms with Crippen LogP contribution in [-0.2, 0) is 4.74 Å². The van der Waals surface area contributed by atoms with Crippen LogP contribution in [0, 0.1) is 6.92 Å². The topological polar surface area (TPSA) is 93.2 Å². The van der Waals surface area contributed by atoms with Gasteiger partial charge in [-0.05, 0) is 49.4 Å². The van der Waals surface area contributed by atoms with Gasteiger partial charge in [-0.15, -0.1) is 10.2 Å². The Morgan fingerprint density at radius 2 is 1.57 bits per heavy atom. The van der Waals surface area contributed by atoms with Gasteiger partial charge in [0.1, 0.15) is 0 Å². The maximum atomic E-state index is 12.2. The molecule has 0 aliphatic heterocycles. The molecule has 0 bridgehead atoms. The Morgan fingerprint density at radius 3 is 2.21 bits per heavy atom. The average Bonchev–Trinajstić information content (AvgIpc) is 2.71. The molecule has 0 atom stereocenters. The maximum absolute atomic E-state index is 12.2. The van der Waals surface area contributed by atoms with E-state index in [1.807, 2.05) is 19.1 Å². The molecule has 1 amide bonds. The van der Waals surface area contributed by atoms with Crippen molar-refractivity contribution in [1.29, 1.82) is 0 Å². The van der Waals surface area contributed by atoms with Crippen molar-refractivity contribution >= 4 is 40.8 Å². The number of carbonyl (C=O) groups is 2. The number of carbonyl (C=O) groups excluding carboxylic acids is 2. The second kappa shape index (κ2) is 8.49. The van der Waals surface area contributed by atoms with Gasteiger partial charge in [0, 0.05) is 5.56 Å². The Kier molecular flexibility index (Phi) is 5.86. The van der Waals surface area contributed by atoms with Gasteiger partial charge in [0.05, 0.1) is 23.4 Å². The largest absolute Gasteiger partial charge is 0.465 e. The zero-order valence-electron chi connectivity index (χ0n) is 15.2. The van der Waals surface area contributed by atoms with Crippen molar-refractivity contribution in [1.82, 2.24) is 10.2 Å². The van der Waals surface area contributed by atoms with Crippen molar-refractivity contribution in [2.45, 2.75) is 6.92 Å². The van der Waals surface area contributed by atoms with E-state index in [4.69, 9.17) is 16.3 Å². The summed E-state index contributed by atoms with van der Waals surface area (Å²) in [5.74, 6) is -0.0356. The zero-order valence-corrected chi connectivity index (χ0v) is 15.9. The van der Waals surface area contributed by atoms with Crippen LogP contribution in [0.3, 0.4) is 0 Å². The molecule has 0 aliphatic carbocycles. The number of amides is 1. The molecular formula is C20H17ClN4O3. The molecule has 1 heterocycles. The number of benzene rings is 2. The number of anilines is 3. The lowest BCUT2D eigenvalue weighted by Gasteiger charge is -2.09. The van der Waals surface area contributed by atoms with E-state index in [0.717, 1.165) is 5.56 Å². The van der Waals surface area contributed by atoms with Crippen LogP contribution in [0.2, 0.25) is 5.02 Å². The number of methoxy groups -OCH3 is 1. The molecular weight excluding hydrogens is 380 g/mol. The highest BCUT2D eigenvalue weighted by atomic mass is 35.5. The minimum absolute atomic E-state index is 0.274. The van der Waals surface area contributed by atoms with Crippen LogP contribution >= 0.6 is 11.6 Å². The fraction of sp³-hybridized carbons (Fsp3) is 0.100. The van der Waals surface area contributed by atoms with Crippen molar-refractivity contribution in [3.8, 4) is 0 Å². The maximum Gasteiger partial charge on any atom is 0.337 e. The van der Waals surface area contributed by atoms with Gasteiger partial charge in [0.25, 0.3) is 5.91 Å². The van der Waals surface area contributed by atoms with Gasteiger partial charge in [-0.25, -0.2) is 4.79 Å². The predicted molar refractivity (Wildman–Crippen MR) is 107 cm³/mol. The molecule has 2 aromatic carbocycles. The first kappa shape index (κ1) is 19.3. The number of hydrogen-bond donors (Lipinski definition) is 2. The molecule has 1 aromatic heterocycles. The number of nitrogens with one attached hydrogen (secondary N) is 2. The van der Waals surface area contributed by atoms with Gasteiger partial charge in [0.15, 0.2) is 11.6 Å². The lowest BCUT2D eigenvalue weighted by Crippen LogP contribution is -2.13. The minimum atomic E-state index is -0.472. The number of nitrogens with zero attached hydrogens (tertiary/aromatic N) is 2. The van der Waals surface area contributed by atoms with Crippen molar-refractivity contribution in [2.75, 3.05) is 17.7 Å². The molecule has 3 aromatic rings. The Balaban J connectivity index is 1.70. The zero-order chi connectivity index (χ0) is 20.1. The van der Waals surface area contributed by atoms with Crippen molar-refractivity contribution in [2.24, 2.45) is 0 Å². The van der Waals surface area contributed by atoms with Gasteiger partial charge in [0.2, 0.25) is 0 Å². The second-order valence-corrected chi connectivity index (χ2v) is 6.34. The van der Waals surface area contributed by atoms with Crippen LogP contribution in [0.5, 0.6) is 0 Å². The van der Waals surface area contributed by atoms with E-state index in [1.54, 1.807) is 42.5 Å². The lowest BCUT2D eigenvalue weighted by molar-refractivity contribution is 0.0600. The quantitative estimate of drug-likeness (QED) is 0.627. The van der Waals surface area contributed by atoms with Gasteiger partial charge >= 0.3 is 5.97 Å². The summed E-state index contributed by atoms with van der Waals surface area (Å²) in [5, 5.41) is 14.1. The number of ether oxygens (including phenoxy) is 1. The van der Waals surface area contributed by atoms with Gasteiger partial charge in [-0.2, -0.15) is 0 Å². The standard InChI is InChI=1S/C20H17ClN4O3/c1-12-3-5-13(6-4-12)19(26)23-18-10-9-17(24-25-18)22-16-11-14(20(27)28-2)7-8-15(16)21/h3-11H,1-2H3,(H,22,24)(H,23,25,26). The number of rotatable bonds is 5. The SMILES string of the molecule is COC(=O)c1ccc(Cl)c(Nc2ccc(NC(=O)c3ccc(C)cc3)nn2)c1. The monoisotopic (exact) mass is 396 g/mol. The van der Waals surface area contributed by atoms with E-state index in [9.17, 15) is 9.59 Å². The predicted octanol–water partition coefficient (Wildman–Crippen LogP) is 4.22. The molecule has 0 radical (unpaired) electrons. The van der Waals surface area contributed by atoms with Crippen molar-refractivity contribution in [3.05, 3.63) is 76.3 Å². The Bertz CT molecular complexity index is 1000. The third-order valence-corrected chi connectivity index (χ3v) is 4.20. The number of aryl methyl sites for hydroxylation is 1. The summed E-state index contributed by atoms with van der Waals surface area (Å²) in [5.41, 5.74) is 2.43. The number of aromatic nitrogens is 2. The van der Waals surface area contributed by atoms with Crippen molar-refractivity contribution in [3.63, 3.8) is 0 Å². The molecule has 0 fully saturated rings. The average molecular weight is 397 g/mol. The van der Waals surface area contributed by atoms with Crippen molar-refractivity contribution < 1.29 is 14.3 Å². The molecule has 2 N–H and O–H groups in total. The van der Waals surface area contributed by atoms with Crippen LogP contribution < -0.4 is 10.6 Å². The Labute approximate surface area is 166 Å². The van der Waals surface area contributed by atoms with Gasteiger partial charge in [-0.1, -0.05) is 29.3 Å². The highest BCUT2D eigenvalue weighted by Gasteiger charge is 2.11. The van der Waals surface area contributed by atoms with Crippen LogP contribution in [0.15, 0.2) is 54.6 Å². The summed E-state index contributed by atoms with van der Waals surface area (Å²) >= 11 is 6.15. The van der Waals surface area contributed by atoms with Crippen LogP contribution in [0.4, 0.5) is 17.3 Å². The second-order valence-electron chi connectivity index (χ2n) is 5.94. The Morgan fingerprint density at radius 1 is 0.929 bits per heavy atom. The first-order chi connectivity index (χ1) is 13.5. The number of halogens is 1. The summed E-state index contributed by atoms with van der Waals surface area (Å²) in [6.07, 6.45) is 0. The smallest absolute Gasteiger partial charge is 0.337 e. The third-order valence-electron chi connectivity index (χ3n) is 3.87. The molecule has 0 aliphatic rings. The van der Waals surface area contributed by atoms with Gasteiger partial charge in [-0.3, -0.25) is 4.79 Å². The molecule has 0 unspecified atom stereocenters. The van der Waals surface area contributed by atoms with E-state index in [2.05, 4.69) is 20.8 Å². The normalized spacial score (nSPS) is 10.2.